The van der Waals surface area contributed by atoms with Crippen LogP contribution in [0.1, 0.15) is 12.5 Å². The second-order valence-electron chi connectivity index (χ2n) is 4.90. The molecule has 3 aromatic rings. The summed E-state index contributed by atoms with van der Waals surface area (Å²) in [6.07, 6.45) is 2.02. The van der Waals surface area contributed by atoms with E-state index in [2.05, 4.69) is 11.5 Å². The van der Waals surface area contributed by atoms with Crippen LogP contribution in [0.4, 0.5) is 0 Å². The zero-order valence-electron chi connectivity index (χ0n) is 11.8. The van der Waals surface area contributed by atoms with Crippen molar-refractivity contribution >= 4 is 10.9 Å². The predicted molar refractivity (Wildman–Crippen MR) is 81.7 cm³/mol. The number of hydrogen-bond acceptors (Lipinski definition) is 3. The molecule has 4 nitrogen and oxygen atoms in total. The van der Waals surface area contributed by atoms with E-state index < -0.39 is 0 Å². The van der Waals surface area contributed by atoms with Crippen molar-refractivity contribution in [3.05, 3.63) is 54.2 Å². The van der Waals surface area contributed by atoms with E-state index in [0.717, 1.165) is 23.0 Å². The predicted octanol–water partition coefficient (Wildman–Crippen LogP) is 3.65. The fourth-order valence-electron chi connectivity index (χ4n) is 2.47. The minimum Gasteiger partial charge on any atom is -0.508 e. The summed E-state index contributed by atoms with van der Waals surface area (Å²) in [5.41, 5.74) is 2.04. The highest BCUT2D eigenvalue weighted by Crippen LogP contribution is 2.29. The minimum absolute atomic E-state index is 0.125. The van der Waals surface area contributed by atoms with Gasteiger partial charge < -0.3 is 19.5 Å². The zero-order valence-corrected chi connectivity index (χ0v) is 11.8. The van der Waals surface area contributed by atoms with Gasteiger partial charge in [0.15, 0.2) is 11.5 Å². The number of aromatic nitrogens is 1. The Morgan fingerprint density at radius 2 is 1.90 bits per heavy atom. The first-order chi connectivity index (χ1) is 10.2. The highest BCUT2D eigenvalue weighted by atomic mass is 16.5. The van der Waals surface area contributed by atoms with Crippen LogP contribution in [-0.2, 0) is 13.2 Å². The van der Waals surface area contributed by atoms with E-state index in [1.165, 1.54) is 0 Å². The Bertz CT molecular complexity index is 777. The van der Waals surface area contributed by atoms with E-state index in [1.807, 2.05) is 18.3 Å². The number of nitrogens with zero attached hydrogens (tertiary/aromatic N) is 1. The van der Waals surface area contributed by atoms with Crippen LogP contribution in [0.25, 0.3) is 10.9 Å². The Kier molecular flexibility index (Phi) is 3.44. The fourth-order valence-corrected chi connectivity index (χ4v) is 2.47. The number of benzene rings is 2. The molecule has 3 rings (SSSR count). The first-order valence-corrected chi connectivity index (χ1v) is 6.90. The number of ether oxygens (including phenoxy) is 1. The van der Waals surface area contributed by atoms with Crippen molar-refractivity contribution in [1.29, 1.82) is 0 Å². The van der Waals surface area contributed by atoms with Crippen LogP contribution in [-0.4, -0.2) is 14.8 Å². The summed E-state index contributed by atoms with van der Waals surface area (Å²) in [6, 6.07) is 12.2. The third kappa shape index (κ3) is 2.52. The summed E-state index contributed by atoms with van der Waals surface area (Å²) >= 11 is 0. The highest BCUT2D eigenvalue weighted by molar-refractivity contribution is 5.85. The van der Waals surface area contributed by atoms with Crippen molar-refractivity contribution in [3.63, 3.8) is 0 Å². The van der Waals surface area contributed by atoms with Crippen LogP contribution < -0.4 is 4.74 Å². The standard InChI is InChI=1S/C17H17NO3/c1-2-18-10-12(14-9-13(19)7-8-15(14)18)11-21-17-6-4-3-5-16(17)20/h3-10,19-20H,2,11H2,1H3. The van der Waals surface area contributed by atoms with E-state index in [0.29, 0.717) is 12.4 Å². The van der Waals surface area contributed by atoms with Crippen molar-refractivity contribution in [2.24, 2.45) is 0 Å². The molecule has 2 N–H and O–H groups in total. The molecular weight excluding hydrogens is 266 g/mol. The third-order valence-corrected chi connectivity index (χ3v) is 3.54. The average molecular weight is 283 g/mol. The lowest BCUT2D eigenvalue weighted by molar-refractivity contribution is 0.290. The Balaban J connectivity index is 1.93. The van der Waals surface area contributed by atoms with Crippen LogP contribution in [0.15, 0.2) is 48.7 Å². The van der Waals surface area contributed by atoms with E-state index in [1.54, 1.807) is 30.3 Å². The van der Waals surface area contributed by atoms with Gasteiger partial charge in [0.2, 0.25) is 0 Å². The molecule has 0 saturated carbocycles. The molecule has 0 amide bonds. The van der Waals surface area contributed by atoms with Crippen molar-refractivity contribution in [2.75, 3.05) is 0 Å². The number of fused-ring (bicyclic) bond motifs is 1. The number of para-hydroxylation sites is 2. The molecule has 0 spiro atoms. The number of hydrogen-bond donors (Lipinski definition) is 2. The van der Waals surface area contributed by atoms with Crippen LogP contribution >= 0.6 is 0 Å². The van der Waals surface area contributed by atoms with Gasteiger partial charge in [-0.1, -0.05) is 12.1 Å². The van der Waals surface area contributed by atoms with Gasteiger partial charge in [-0.25, -0.2) is 0 Å². The molecular formula is C17H17NO3. The molecule has 0 fully saturated rings. The maximum Gasteiger partial charge on any atom is 0.161 e. The second-order valence-corrected chi connectivity index (χ2v) is 4.90. The minimum atomic E-state index is 0.125. The molecule has 0 unspecified atom stereocenters. The summed E-state index contributed by atoms with van der Waals surface area (Å²) in [6.45, 7) is 3.25. The van der Waals surface area contributed by atoms with E-state index in [9.17, 15) is 10.2 Å². The lowest BCUT2D eigenvalue weighted by Gasteiger charge is -2.07. The topological polar surface area (TPSA) is 54.6 Å². The van der Waals surface area contributed by atoms with Crippen LogP contribution in [0.3, 0.4) is 0 Å². The zero-order chi connectivity index (χ0) is 14.8. The van der Waals surface area contributed by atoms with Gasteiger partial charge in [0.05, 0.1) is 0 Å². The Hall–Kier alpha value is -2.62. The summed E-state index contributed by atoms with van der Waals surface area (Å²) in [4.78, 5) is 0. The van der Waals surface area contributed by atoms with Gasteiger partial charge in [0, 0.05) is 29.2 Å². The molecule has 0 aliphatic heterocycles. The largest absolute Gasteiger partial charge is 0.508 e. The number of aryl methyl sites for hydroxylation is 1. The molecule has 2 aromatic carbocycles. The third-order valence-electron chi connectivity index (χ3n) is 3.54. The van der Waals surface area contributed by atoms with E-state index >= 15 is 0 Å². The molecule has 1 aromatic heterocycles. The normalized spacial score (nSPS) is 10.9. The van der Waals surface area contributed by atoms with Crippen molar-refractivity contribution in [2.45, 2.75) is 20.1 Å². The van der Waals surface area contributed by atoms with E-state index in [-0.39, 0.29) is 11.5 Å². The average Bonchev–Trinajstić information content (AvgIpc) is 2.83. The SMILES string of the molecule is CCn1cc(COc2ccccc2O)c2cc(O)ccc21. The summed E-state index contributed by atoms with van der Waals surface area (Å²) in [5, 5.41) is 20.4. The first kappa shape index (κ1) is 13.4. The number of rotatable bonds is 4. The molecule has 0 atom stereocenters. The fraction of sp³-hybridized carbons (Fsp3) is 0.176. The van der Waals surface area contributed by atoms with Gasteiger partial charge in [0.25, 0.3) is 0 Å². The van der Waals surface area contributed by atoms with Crippen molar-refractivity contribution in [1.82, 2.24) is 4.57 Å². The molecule has 1 heterocycles. The highest BCUT2D eigenvalue weighted by Gasteiger charge is 2.10. The van der Waals surface area contributed by atoms with Gasteiger partial charge in [-0.2, -0.15) is 0 Å². The van der Waals surface area contributed by atoms with Crippen LogP contribution in [0, 0.1) is 0 Å². The van der Waals surface area contributed by atoms with E-state index in [4.69, 9.17) is 4.74 Å². The van der Waals surface area contributed by atoms with Gasteiger partial charge in [-0.3, -0.25) is 0 Å². The molecule has 0 aliphatic carbocycles. The Morgan fingerprint density at radius 1 is 1.10 bits per heavy atom. The van der Waals surface area contributed by atoms with Crippen LogP contribution in [0.5, 0.6) is 17.2 Å². The van der Waals surface area contributed by atoms with Crippen molar-refractivity contribution < 1.29 is 14.9 Å². The lowest BCUT2D eigenvalue weighted by Crippen LogP contribution is -1.95. The molecule has 4 heteroatoms. The Morgan fingerprint density at radius 3 is 2.67 bits per heavy atom. The Labute approximate surface area is 122 Å². The summed E-state index contributed by atoms with van der Waals surface area (Å²) in [5.74, 6) is 0.815. The maximum atomic E-state index is 9.73. The molecule has 0 saturated heterocycles. The maximum absolute atomic E-state index is 9.73. The molecule has 0 bridgehead atoms. The molecule has 108 valence electrons. The first-order valence-electron chi connectivity index (χ1n) is 6.90. The summed E-state index contributed by atoms with van der Waals surface area (Å²) < 4.78 is 7.79. The van der Waals surface area contributed by atoms with Gasteiger partial charge in [-0.05, 0) is 37.3 Å². The number of phenols is 2. The quantitative estimate of drug-likeness (QED) is 0.768. The van der Waals surface area contributed by atoms with Crippen molar-refractivity contribution in [3.8, 4) is 17.2 Å². The molecule has 0 aliphatic rings. The van der Waals surface area contributed by atoms with Gasteiger partial charge >= 0.3 is 0 Å². The van der Waals surface area contributed by atoms with Gasteiger partial charge in [-0.15, -0.1) is 0 Å². The smallest absolute Gasteiger partial charge is 0.161 e. The molecule has 0 radical (unpaired) electrons. The number of aromatic hydroxyl groups is 2. The van der Waals surface area contributed by atoms with Crippen LogP contribution in [0.2, 0.25) is 0 Å². The monoisotopic (exact) mass is 283 g/mol. The lowest BCUT2D eigenvalue weighted by atomic mass is 10.2. The second kappa shape index (κ2) is 5.40. The number of phenolic OH excluding ortho intramolecular Hbond substituents is 2. The molecule has 21 heavy (non-hydrogen) atoms. The van der Waals surface area contributed by atoms with Gasteiger partial charge in [0.1, 0.15) is 12.4 Å². The summed E-state index contributed by atoms with van der Waals surface area (Å²) in [7, 11) is 0.